The van der Waals surface area contributed by atoms with Crippen LogP contribution in [0.5, 0.6) is 0 Å². The van der Waals surface area contributed by atoms with Gasteiger partial charge in [0.2, 0.25) is 0 Å². The SMILES string of the molecule is CC(C)(C)OC(=O)N1CCN(c2nc(C(=O)N[C@@H](CO[Si](C)(C)C(C)(C)C)C(=O)O)cs2)CC1. The van der Waals surface area contributed by atoms with Crippen LogP contribution >= 0.6 is 11.3 Å². The van der Waals surface area contributed by atoms with Crippen molar-refractivity contribution < 1.29 is 28.7 Å². The van der Waals surface area contributed by atoms with Crippen LogP contribution in [0.1, 0.15) is 52.0 Å². The largest absolute Gasteiger partial charge is 0.480 e. The van der Waals surface area contributed by atoms with E-state index in [1.165, 1.54) is 11.3 Å². The summed E-state index contributed by atoms with van der Waals surface area (Å²) < 4.78 is 11.4. The highest BCUT2D eigenvalue weighted by Gasteiger charge is 2.38. The van der Waals surface area contributed by atoms with Gasteiger partial charge in [0.15, 0.2) is 13.4 Å². The van der Waals surface area contributed by atoms with Gasteiger partial charge in [0, 0.05) is 31.6 Å². The monoisotopic (exact) mass is 514 g/mol. The Hall–Kier alpha value is -2.18. The number of nitrogens with one attached hydrogen (secondary N) is 1. The Kier molecular flexibility index (Phi) is 8.76. The first-order valence-electron chi connectivity index (χ1n) is 11.4. The van der Waals surface area contributed by atoms with Crippen molar-refractivity contribution in [3.63, 3.8) is 0 Å². The average molecular weight is 515 g/mol. The van der Waals surface area contributed by atoms with Crippen molar-refractivity contribution in [2.24, 2.45) is 0 Å². The van der Waals surface area contributed by atoms with Crippen LogP contribution in [0.4, 0.5) is 9.93 Å². The Bertz CT molecular complexity index is 885. The van der Waals surface area contributed by atoms with E-state index in [0.29, 0.717) is 31.3 Å². The Morgan fingerprint density at radius 3 is 2.24 bits per heavy atom. The summed E-state index contributed by atoms with van der Waals surface area (Å²) >= 11 is 1.31. The minimum Gasteiger partial charge on any atom is -0.480 e. The average Bonchev–Trinajstić information content (AvgIpc) is 3.19. The third kappa shape index (κ3) is 7.67. The van der Waals surface area contributed by atoms with Crippen LogP contribution in [0, 0.1) is 0 Å². The van der Waals surface area contributed by atoms with Crippen LogP contribution in [0.25, 0.3) is 0 Å². The highest BCUT2D eigenvalue weighted by Crippen LogP contribution is 2.36. The molecule has 1 aromatic heterocycles. The topological polar surface area (TPSA) is 121 Å². The van der Waals surface area contributed by atoms with E-state index in [0.717, 1.165) is 0 Å². The van der Waals surface area contributed by atoms with Crippen molar-refractivity contribution in [2.45, 2.75) is 71.3 Å². The molecule has 10 nitrogen and oxygen atoms in total. The van der Waals surface area contributed by atoms with E-state index in [1.807, 2.05) is 38.8 Å². The van der Waals surface area contributed by atoms with Gasteiger partial charge >= 0.3 is 12.1 Å². The van der Waals surface area contributed by atoms with E-state index < -0.39 is 31.8 Å². The van der Waals surface area contributed by atoms with Gasteiger partial charge in [-0.1, -0.05) is 20.8 Å². The molecule has 1 atom stereocenters. The molecule has 0 radical (unpaired) electrons. The minimum absolute atomic E-state index is 0.0720. The number of thiazole rings is 1. The van der Waals surface area contributed by atoms with Crippen molar-refractivity contribution >= 4 is 42.8 Å². The zero-order chi connectivity index (χ0) is 25.9. The van der Waals surface area contributed by atoms with Crippen molar-refractivity contribution in [3.8, 4) is 0 Å². The van der Waals surface area contributed by atoms with Gasteiger partial charge in [-0.15, -0.1) is 11.3 Å². The summed E-state index contributed by atoms with van der Waals surface area (Å²) in [4.78, 5) is 44.7. The molecule has 0 aromatic carbocycles. The smallest absolute Gasteiger partial charge is 0.410 e. The summed E-state index contributed by atoms with van der Waals surface area (Å²) in [7, 11) is -2.16. The Labute approximate surface area is 206 Å². The number of piperazine rings is 1. The number of hydrogen-bond acceptors (Lipinski definition) is 8. The molecule has 0 saturated carbocycles. The molecule has 0 aliphatic carbocycles. The number of carboxylic acids is 1. The summed E-state index contributed by atoms with van der Waals surface area (Å²) in [5.41, 5.74) is -0.386. The molecule has 0 spiro atoms. The minimum atomic E-state index is -2.16. The highest BCUT2D eigenvalue weighted by atomic mass is 32.1. The Morgan fingerprint density at radius 2 is 1.74 bits per heavy atom. The maximum atomic E-state index is 12.7. The molecule has 1 aliphatic rings. The molecule has 1 aliphatic heterocycles. The number of carboxylic acid groups (broad SMARTS) is 1. The van der Waals surface area contributed by atoms with Crippen molar-refractivity contribution in [1.29, 1.82) is 0 Å². The first kappa shape index (κ1) is 28.1. The number of amides is 2. The number of ether oxygens (including phenoxy) is 1. The van der Waals surface area contributed by atoms with Crippen LogP contribution in [0.15, 0.2) is 5.38 Å². The van der Waals surface area contributed by atoms with E-state index in [2.05, 4.69) is 31.1 Å². The first-order valence-corrected chi connectivity index (χ1v) is 15.1. The Morgan fingerprint density at radius 1 is 1.15 bits per heavy atom. The van der Waals surface area contributed by atoms with Crippen LogP contribution in [0.3, 0.4) is 0 Å². The standard InChI is InChI=1S/C22H38N4O6SSi/c1-21(2,3)32-20(30)26-11-9-25(10-12-26)19-24-16(14-33-19)17(27)23-15(18(28)29)13-31-34(7,8)22(4,5)6/h14-15H,9-13H2,1-8H3,(H,23,27)(H,28,29)/t15-/m0/s1. The second-order valence-electron chi connectivity index (χ2n) is 10.9. The van der Waals surface area contributed by atoms with E-state index in [4.69, 9.17) is 9.16 Å². The predicted octanol–water partition coefficient (Wildman–Crippen LogP) is 3.41. The first-order chi connectivity index (χ1) is 15.5. The number of carbonyl (C=O) groups excluding carboxylic acids is 2. The summed E-state index contributed by atoms with van der Waals surface area (Å²) in [5.74, 6) is -1.71. The summed E-state index contributed by atoms with van der Waals surface area (Å²) in [6, 6.07) is -1.16. The van der Waals surface area contributed by atoms with Crippen molar-refractivity contribution in [1.82, 2.24) is 15.2 Å². The van der Waals surface area contributed by atoms with Crippen molar-refractivity contribution in [2.75, 3.05) is 37.7 Å². The molecule has 1 saturated heterocycles. The molecule has 12 heteroatoms. The molecular formula is C22H38N4O6SSi. The van der Waals surface area contributed by atoms with Crippen LogP contribution < -0.4 is 10.2 Å². The number of carbonyl (C=O) groups is 3. The fourth-order valence-corrected chi connectivity index (χ4v) is 4.71. The number of rotatable bonds is 7. The van der Waals surface area contributed by atoms with Gasteiger partial charge in [-0.2, -0.15) is 0 Å². The quantitative estimate of drug-likeness (QED) is 0.531. The number of aliphatic carboxylic acids is 1. The summed E-state index contributed by atoms with van der Waals surface area (Å²) in [5, 5.41) is 14.3. The van der Waals surface area contributed by atoms with E-state index >= 15 is 0 Å². The molecule has 2 rings (SSSR count). The molecule has 0 unspecified atom stereocenters. The van der Waals surface area contributed by atoms with Gasteiger partial charge in [0.1, 0.15) is 17.3 Å². The maximum Gasteiger partial charge on any atom is 0.410 e. The highest BCUT2D eigenvalue weighted by molar-refractivity contribution is 7.13. The third-order valence-corrected chi connectivity index (χ3v) is 11.3. The van der Waals surface area contributed by atoms with Gasteiger partial charge in [0.05, 0.1) is 6.61 Å². The lowest BCUT2D eigenvalue weighted by Crippen LogP contribution is -2.50. The lowest BCUT2D eigenvalue weighted by atomic mass is 10.2. The molecule has 2 heterocycles. The van der Waals surface area contributed by atoms with Crippen LogP contribution in [-0.2, 0) is 14.0 Å². The van der Waals surface area contributed by atoms with Gasteiger partial charge < -0.3 is 29.4 Å². The number of anilines is 1. The van der Waals surface area contributed by atoms with Gasteiger partial charge in [-0.25, -0.2) is 14.6 Å². The van der Waals surface area contributed by atoms with E-state index in [-0.39, 0.29) is 23.4 Å². The molecule has 2 N–H and O–H groups in total. The lowest BCUT2D eigenvalue weighted by Gasteiger charge is -2.36. The molecule has 192 valence electrons. The molecule has 34 heavy (non-hydrogen) atoms. The fourth-order valence-electron chi connectivity index (χ4n) is 2.84. The lowest BCUT2D eigenvalue weighted by molar-refractivity contribution is -0.140. The molecule has 0 bridgehead atoms. The maximum absolute atomic E-state index is 12.7. The molecular weight excluding hydrogens is 476 g/mol. The summed E-state index contributed by atoms with van der Waals surface area (Å²) in [6.07, 6.45) is -0.342. The zero-order valence-corrected chi connectivity index (χ0v) is 23.2. The predicted molar refractivity (Wildman–Crippen MR) is 134 cm³/mol. The number of nitrogens with zero attached hydrogens (tertiary/aromatic N) is 3. The third-order valence-electron chi connectivity index (χ3n) is 5.95. The van der Waals surface area contributed by atoms with Crippen molar-refractivity contribution in [3.05, 3.63) is 11.1 Å². The van der Waals surface area contributed by atoms with Crippen LogP contribution in [-0.4, -0.2) is 85.7 Å². The fraction of sp³-hybridized carbons (Fsp3) is 0.727. The number of hydrogen-bond donors (Lipinski definition) is 2. The second kappa shape index (κ2) is 10.6. The second-order valence-corrected chi connectivity index (χ2v) is 16.6. The number of aromatic nitrogens is 1. The van der Waals surface area contributed by atoms with Gasteiger partial charge in [-0.05, 0) is 38.9 Å². The van der Waals surface area contributed by atoms with Gasteiger partial charge in [-0.3, -0.25) is 4.79 Å². The Balaban J connectivity index is 1.94. The van der Waals surface area contributed by atoms with E-state index in [1.54, 1.807) is 10.3 Å². The van der Waals surface area contributed by atoms with Crippen LogP contribution in [0.2, 0.25) is 18.1 Å². The summed E-state index contributed by atoms with van der Waals surface area (Å²) in [6.45, 7) is 17.8. The molecule has 2 amide bonds. The van der Waals surface area contributed by atoms with Gasteiger partial charge in [0.25, 0.3) is 5.91 Å². The molecule has 1 aromatic rings. The zero-order valence-electron chi connectivity index (χ0n) is 21.4. The molecule has 1 fully saturated rings. The van der Waals surface area contributed by atoms with E-state index in [9.17, 15) is 19.5 Å². The normalized spacial score (nSPS) is 16.2.